The molecular formula is C20H24N4O4. The molecule has 0 saturated heterocycles. The van der Waals surface area contributed by atoms with E-state index in [2.05, 4.69) is 27.7 Å². The molecule has 8 heteroatoms. The zero-order valence-corrected chi connectivity index (χ0v) is 15.8. The predicted molar refractivity (Wildman–Crippen MR) is 106 cm³/mol. The van der Waals surface area contributed by atoms with Crippen molar-refractivity contribution < 1.29 is 14.5 Å². The van der Waals surface area contributed by atoms with E-state index < -0.39 is 10.8 Å². The largest absolute Gasteiger partial charge is 0.355 e. The van der Waals surface area contributed by atoms with E-state index in [1.807, 2.05) is 25.2 Å². The number of nitrogens with zero attached hydrogens (tertiary/aromatic N) is 2. The second-order valence-electron chi connectivity index (χ2n) is 6.42. The number of amides is 2. The van der Waals surface area contributed by atoms with Gasteiger partial charge in [0.25, 0.3) is 11.6 Å². The van der Waals surface area contributed by atoms with Gasteiger partial charge in [0.1, 0.15) is 0 Å². The first-order valence-electron chi connectivity index (χ1n) is 8.97. The van der Waals surface area contributed by atoms with Crippen molar-refractivity contribution in [2.45, 2.75) is 13.0 Å². The van der Waals surface area contributed by atoms with Crippen molar-refractivity contribution in [1.29, 1.82) is 0 Å². The van der Waals surface area contributed by atoms with Crippen LogP contribution >= 0.6 is 0 Å². The minimum atomic E-state index is -0.571. The Hall–Kier alpha value is -3.26. The smallest absolute Gasteiger partial charge is 0.270 e. The lowest BCUT2D eigenvalue weighted by atomic mass is 10.2. The van der Waals surface area contributed by atoms with E-state index in [-0.39, 0.29) is 23.7 Å². The van der Waals surface area contributed by atoms with Gasteiger partial charge in [-0.05, 0) is 31.6 Å². The zero-order chi connectivity index (χ0) is 20.4. The monoisotopic (exact) mass is 384 g/mol. The Bertz CT molecular complexity index is 811. The van der Waals surface area contributed by atoms with E-state index in [4.69, 9.17) is 0 Å². The highest BCUT2D eigenvalue weighted by molar-refractivity contribution is 5.96. The van der Waals surface area contributed by atoms with Gasteiger partial charge in [-0.1, -0.05) is 36.4 Å². The Morgan fingerprint density at radius 2 is 1.82 bits per heavy atom. The van der Waals surface area contributed by atoms with Crippen LogP contribution in [-0.4, -0.2) is 48.3 Å². The van der Waals surface area contributed by atoms with Crippen LogP contribution < -0.4 is 10.6 Å². The maximum absolute atomic E-state index is 12.0. The summed E-state index contributed by atoms with van der Waals surface area (Å²) >= 11 is 0. The average molecular weight is 384 g/mol. The standard InChI is InChI=1S/C20H24N4O4/c1-23(15-16-7-3-2-4-8-16)12-6-11-21-19(25)14-22-20(26)17-9-5-10-18(13-17)24(27)28/h2-5,7-10,13H,6,11-12,14-15H2,1H3,(H,21,25)(H,22,26). The molecule has 0 spiro atoms. The molecule has 0 heterocycles. The van der Waals surface area contributed by atoms with Gasteiger partial charge in [0.05, 0.1) is 11.5 Å². The van der Waals surface area contributed by atoms with Crippen LogP contribution in [-0.2, 0) is 11.3 Å². The highest BCUT2D eigenvalue weighted by atomic mass is 16.6. The summed E-state index contributed by atoms with van der Waals surface area (Å²) in [5, 5.41) is 16.0. The lowest BCUT2D eigenvalue weighted by Gasteiger charge is -2.16. The summed E-state index contributed by atoms with van der Waals surface area (Å²) in [6.07, 6.45) is 0.786. The van der Waals surface area contributed by atoms with E-state index in [0.717, 1.165) is 19.5 Å². The van der Waals surface area contributed by atoms with E-state index in [9.17, 15) is 19.7 Å². The van der Waals surface area contributed by atoms with Crippen LogP contribution in [0.5, 0.6) is 0 Å². The molecule has 0 saturated carbocycles. The third-order valence-corrected chi connectivity index (χ3v) is 4.06. The van der Waals surface area contributed by atoms with Crippen molar-refractivity contribution in [2.75, 3.05) is 26.7 Å². The van der Waals surface area contributed by atoms with Gasteiger partial charge in [0.15, 0.2) is 0 Å². The molecule has 0 aliphatic rings. The molecule has 0 bridgehead atoms. The fraction of sp³-hybridized carbons (Fsp3) is 0.300. The average Bonchev–Trinajstić information content (AvgIpc) is 2.70. The minimum absolute atomic E-state index is 0.143. The maximum atomic E-state index is 12.0. The van der Waals surface area contributed by atoms with Gasteiger partial charge in [0.2, 0.25) is 5.91 Å². The summed E-state index contributed by atoms with van der Waals surface area (Å²) in [4.78, 5) is 36.2. The molecule has 2 amide bonds. The maximum Gasteiger partial charge on any atom is 0.270 e. The summed E-state index contributed by atoms with van der Waals surface area (Å²) in [7, 11) is 2.02. The van der Waals surface area contributed by atoms with E-state index in [0.29, 0.717) is 6.54 Å². The summed E-state index contributed by atoms with van der Waals surface area (Å²) in [6, 6.07) is 15.5. The van der Waals surface area contributed by atoms with Crippen molar-refractivity contribution in [3.8, 4) is 0 Å². The Kier molecular flexibility index (Phi) is 8.11. The van der Waals surface area contributed by atoms with Gasteiger partial charge >= 0.3 is 0 Å². The number of carbonyl (C=O) groups excluding carboxylic acids is 2. The second-order valence-corrected chi connectivity index (χ2v) is 6.42. The second kappa shape index (κ2) is 10.8. The third-order valence-electron chi connectivity index (χ3n) is 4.06. The van der Waals surface area contributed by atoms with Crippen LogP contribution in [0.2, 0.25) is 0 Å². The van der Waals surface area contributed by atoms with Gasteiger partial charge in [-0.3, -0.25) is 19.7 Å². The van der Waals surface area contributed by atoms with Gasteiger partial charge in [-0.15, -0.1) is 0 Å². The van der Waals surface area contributed by atoms with Crippen molar-refractivity contribution in [3.05, 3.63) is 75.8 Å². The normalized spacial score (nSPS) is 10.5. The molecule has 0 unspecified atom stereocenters. The molecule has 8 nitrogen and oxygen atoms in total. The molecule has 2 rings (SSSR count). The Balaban J connectivity index is 1.64. The molecule has 0 atom stereocenters. The van der Waals surface area contributed by atoms with Crippen LogP contribution in [0.3, 0.4) is 0 Å². The molecular weight excluding hydrogens is 360 g/mol. The molecule has 0 aliphatic heterocycles. The molecule has 0 aliphatic carbocycles. The van der Waals surface area contributed by atoms with E-state index in [1.54, 1.807) is 0 Å². The fourth-order valence-electron chi connectivity index (χ4n) is 2.64. The number of rotatable bonds is 10. The van der Waals surface area contributed by atoms with Gasteiger partial charge in [0, 0.05) is 30.8 Å². The van der Waals surface area contributed by atoms with Crippen LogP contribution in [0, 0.1) is 10.1 Å². The molecule has 148 valence electrons. The van der Waals surface area contributed by atoms with Crippen LogP contribution in [0.1, 0.15) is 22.3 Å². The van der Waals surface area contributed by atoms with Gasteiger partial charge in [-0.25, -0.2) is 0 Å². The molecule has 2 aromatic rings. The number of hydrogen-bond donors (Lipinski definition) is 2. The summed E-state index contributed by atoms with van der Waals surface area (Å²) in [6.45, 7) is 2.00. The SMILES string of the molecule is CN(CCCNC(=O)CNC(=O)c1cccc([N+](=O)[O-])c1)Cc1ccccc1. The molecule has 2 aromatic carbocycles. The van der Waals surface area contributed by atoms with Crippen molar-refractivity contribution in [1.82, 2.24) is 15.5 Å². The van der Waals surface area contributed by atoms with Crippen molar-refractivity contribution in [2.24, 2.45) is 0 Å². The molecule has 0 aromatic heterocycles. The Morgan fingerprint density at radius 3 is 2.54 bits per heavy atom. The Labute approximate surface area is 163 Å². The highest BCUT2D eigenvalue weighted by Gasteiger charge is 2.12. The first-order valence-corrected chi connectivity index (χ1v) is 8.97. The fourth-order valence-corrected chi connectivity index (χ4v) is 2.64. The van der Waals surface area contributed by atoms with E-state index >= 15 is 0 Å². The van der Waals surface area contributed by atoms with Crippen molar-refractivity contribution >= 4 is 17.5 Å². The van der Waals surface area contributed by atoms with Gasteiger partial charge < -0.3 is 15.5 Å². The topological polar surface area (TPSA) is 105 Å². The molecule has 0 radical (unpaired) electrons. The van der Waals surface area contributed by atoms with Crippen LogP contribution in [0.25, 0.3) is 0 Å². The molecule has 2 N–H and O–H groups in total. The van der Waals surface area contributed by atoms with Crippen LogP contribution in [0.4, 0.5) is 5.69 Å². The molecule has 0 fully saturated rings. The van der Waals surface area contributed by atoms with Gasteiger partial charge in [-0.2, -0.15) is 0 Å². The number of hydrogen-bond acceptors (Lipinski definition) is 5. The number of carbonyl (C=O) groups is 2. The first kappa shape index (κ1) is 21.0. The lowest BCUT2D eigenvalue weighted by Crippen LogP contribution is -2.37. The highest BCUT2D eigenvalue weighted by Crippen LogP contribution is 2.12. The molecule has 28 heavy (non-hydrogen) atoms. The number of nitro groups is 1. The summed E-state index contributed by atoms with van der Waals surface area (Å²) < 4.78 is 0. The van der Waals surface area contributed by atoms with E-state index in [1.165, 1.54) is 29.8 Å². The summed E-state index contributed by atoms with van der Waals surface area (Å²) in [5.41, 5.74) is 1.21. The minimum Gasteiger partial charge on any atom is -0.355 e. The zero-order valence-electron chi connectivity index (χ0n) is 15.8. The number of nitro benzene ring substituents is 1. The number of benzene rings is 2. The third kappa shape index (κ3) is 7.16. The summed E-state index contributed by atoms with van der Waals surface area (Å²) in [5.74, 6) is -0.828. The number of non-ortho nitro benzene ring substituents is 1. The quantitative estimate of drug-likeness (QED) is 0.370. The lowest BCUT2D eigenvalue weighted by molar-refractivity contribution is -0.384. The Morgan fingerprint density at radius 1 is 1.07 bits per heavy atom. The predicted octanol–water partition coefficient (Wildman–Crippen LogP) is 1.96. The first-order chi connectivity index (χ1) is 13.5. The van der Waals surface area contributed by atoms with Crippen LogP contribution in [0.15, 0.2) is 54.6 Å². The van der Waals surface area contributed by atoms with Crippen molar-refractivity contribution in [3.63, 3.8) is 0 Å². The number of nitrogens with one attached hydrogen (secondary N) is 2.